The number of benzene rings is 1. The monoisotopic (exact) mass is 265 g/mol. The van der Waals surface area contributed by atoms with Crippen LogP contribution in [0.5, 0.6) is 0 Å². The number of halogens is 1. The van der Waals surface area contributed by atoms with E-state index >= 15 is 0 Å². The average Bonchev–Trinajstić information content (AvgIpc) is 2.68. The number of ether oxygens (including phenoxy) is 1. The number of hydrogen-bond donors (Lipinski definition) is 0. The van der Waals surface area contributed by atoms with Gasteiger partial charge in [0.15, 0.2) is 5.78 Å². The van der Waals surface area contributed by atoms with Gasteiger partial charge in [-0.25, -0.2) is 0 Å². The average molecular weight is 266 g/mol. The summed E-state index contributed by atoms with van der Waals surface area (Å²) in [6, 6.07) is 5.41. The van der Waals surface area contributed by atoms with Gasteiger partial charge < -0.3 is 9.30 Å². The first kappa shape index (κ1) is 12.6. The number of rotatable bonds is 3. The van der Waals surface area contributed by atoms with E-state index in [1.807, 2.05) is 23.7 Å². The van der Waals surface area contributed by atoms with Gasteiger partial charge in [-0.3, -0.25) is 9.59 Å². The van der Waals surface area contributed by atoms with Crippen molar-refractivity contribution in [1.82, 2.24) is 4.57 Å². The molecule has 0 spiro atoms. The molecule has 0 saturated carbocycles. The van der Waals surface area contributed by atoms with E-state index in [1.54, 1.807) is 12.3 Å². The van der Waals surface area contributed by atoms with Gasteiger partial charge in [0, 0.05) is 29.7 Å². The van der Waals surface area contributed by atoms with Crippen LogP contribution < -0.4 is 0 Å². The van der Waals surface area contributed by atoms with E-state index in [0.29, 0.717) is 16.0 Å². The summed E-state index contributed by atoms with van der Waals surface area (Å²) < 4.78 is 6.30. The molecule has 2 aromatic rings. The molecule has 2 rings (SSSR count). The second kappa shape index (κ2) is 4.82. The number of fused-ring (bicyclic) bond motifs is 1. The van der Waals surface area contributed by atoms with Gasteiger partial charge >= 0.3 is 5.97 Å². The summed E-state index contributed by atoms with van der Waals surface area (Å²) in [5.74, 6) is -0.843. The second-order valence-electron chi connectivity index (χ2n) is 3.96. The molecule has 0 atom stereocenters. The van der Waals surface area contributed by atoms with Crippen LogP contribution in [0.15, 0.2) is 24.4 Å². The Hall–Kier alpha value is -1.81. The van der Waals surface area contributed by atoms with Gasteiger partial charge in [-0.15, -0.1) is 0 Å². The standard InChI is InChI=1S/C13H12ClNO3/c1-15-7-8(11(16)6-12(17)18-2)13-9(14)4-3-5-10(13)15/h3-5,7H,6H2,1-2H3. The van der Waals surface area contributed by atoms with E-state index in [2.05, 4.69) is 4.74 Å². The van der Waals surface area contributed by atoms with Crippen molar-refractivity contribution in [1.29, 1.82) is 0 Å². The van der Waals surface area contributed by atoms with Gasteiger partial charge in [0.05, 0.1) is 12.1 Å². The molecular formula is C13H12ClNO3. The second-order valence-corrected chi connectivity index (χ2v) is 4.37. The van der Waals surface area contributed by atoms with Crippen molar-refractivity contribution in [3.05, 3.63) is 35.0 Å². The first-order valence-corrected chi connectivity index (χ1v) is 5.76. The predicted octanol–water partition coefficient (Wildman–Crippen LogP) is 2.58. The van der Waals surface area contributed by atoms with Crippen molar-refractivity contribution in [2.24, 2.45) is 7.05 Å². The van der Waals surface area contributed by atoms with Crippen LogP contribution in [0.2, 0.25) is 5.02 Å². The van der Waals surface area contributed by atoms with Gasteiger partial charge in [-0.2, -0.15) is 0 Å². The van der Waals surface area contributed by atoms with E-state index in [9.17, 15) is 9.59 Å². The number of carbonyl (C=O) groups excluding carboxylic acids is 2. The molecule has 0 radical (unpaired) electrons. The third-order valence-electron chi connectivity index (χ3n) is 2.80. The minimum atomic E-state index is -0.552. The highest BCUT2D eigenvalue weighted by Gasteiger charge is 2.18. The molecule has 0 fully saturated rings. The van der Waals surface area contributed by atoms with Crippen LogP contribution in [0.25, 0.3) is 10.9 Å². The first-order chi connectivity index (χ1) is 8.54. The number of esters is 1. The molecule has 0 amide bonds. The Labute approximate surface area is 109 Å². The fourth-order valence-corrected chi connectivity index (χ4v) is 2.18. The summed E-state index contributed by atoms with van der Waals surface area (Å²) in [5, 5.41) is 1.18. The molecule has 0 bridgehead atoms. The third-order valence-corrected chi connectivity index (χ3v) is 3.11. The molecule has 5 heteroatoms. The molecule has 4 nitrogen and oxygen atoms in total. The molecule has 0 saturated heterocycles. The first-order valence-electron chi connectivity index (χ1n) is 5.38. The molecule has 1 aromatic heterocycles. The van der Waals surface area contributed by atoms with Crippen molar-refractivity contribution >= 4 is 34.3 Å². The number of methoxy groups -OCH3 is 1. The minimum Gasteiger partial charge on any atom is -0.469 e. The zero-order valence-electron chi connectivity index (χ0n) is 10.1. The molecule has 0 aliphatic carbocycles. The van der Waals surface area contributed by atoms with Crippen molar-refractivity contribution in [3.63, 3.8) is 0 Å². The lowest BCUT2D eigenvalue weighted by atomic mass is 10.1. The normalized spacial score (nSPS) is 10.6. The Bertz CT molecular complexity index is 630. The van der Waals surface area contributed by atoms with Crippen LogP contribution in [0, 0.1) is 0 Å². The largest absolute Gasteiger partial charge is 0.469 e. The van der Waals surface area contributed by atoms with Crippen molar-refractivity contribution in [3.8, 4) is 0 Å². The summed E-state index contributed by atoms with van der Waals surface area (Å²) in [5.41, 5.74) is 1.30. The van der Waals surface area contributed by atoms with E-state index in [4.69, 9.17) is 11.6 Å². The number of ketones is 1. The van der Waals surface area contributed by atoms with Crippen molar-refractivity contribution in [2.75, 3.05) is 7.11 Å². The fraction of sp³-hybridized carbons (Fsp3) is 0.231. The highest BCUT2D eigenvalue weighted by molar-refractivity contribution is 6.37. The molecule has 1 aromatic carbocycles. The highest BCUT2D eigenvalue weighted by atomic mass is 35.5. The van der Waals surface area contributed by atoms with Crippen LogP contribution in [0.1, 0.15) is 16.8 Å². The lowest BCUT2D eigenvalue weighted by Gasteiger charge is -2.00. The maximum atomic E-state index is 12.0. The molecule has 0 aliphatic heterocycles. The lowest BCUT2D eigenvalue weighted by molar-refractivity contribution is -0.139. The quantitative estimate of drug-likeness (QED) is 0.487. The van der Waals surface area contributed by atoms with Crippen LogP contribution in [-0.4, -0.2) is 23.4 Å². The van der Waals surface area contributed by atoms with E-state index in [-0.39, 0.29) is 12.2 Å². The third kappa shape index (κ3) is 2.11. The van der Waals surface area contributed by atoms with Crippen LogP contribution in [0.3, 0.4) is 0 Å². The minimum absolute atomic E-state index is 0.277. The SMILES string of the molecule is COC(=O)CC(=O)c1cn(C)c2cccc(Cl)c12. The van der Waals surface area contributed by atoms with Gasteiger partial charge in [0.25, 0.3) is 0 Å². The maximum absolute atomic E-state index is 12.0. The Morgan fingerprint density at radius 1 is 1.39 bits per heavy atom. The van der Waals surface area contributed by atoms with Crippen LogP contribution in [0.4, 0.5) is 0 Å². The molecule has 18 heavy (non-hydrogen) atoms. The summed E-state index contributed by atoms with van der Waals surface area (Å²) >= 11 is 6.11. The number of hydrogen-bond acceptors (Lipinski definition) is 3. The number of aryl methyl sites for hydroxylation is 1. The smallest absolute Gasteiger partial charge is 0.313 e. The van der Waals surface area contributed by atoms with Crippen LogP contribution in [-0.2, 0) is 16.6 Å². The Morgan fingerprint density at radius 3 is 2.78 bits per heavy atom. The lowest BCUT2D eigenvalue weighted by Crippen LogP contribution is -2.09. The molecule has 0 N–H and O–H groups in total. The number of nitrogens with zero attached hydrogens (tertiary/aromatic N) is 1. The predicted molar refractivity (Wildman–Crippen MR) is 68.9 cm³/mol. The number of Topliss-reactive ketones (excluding diaryl/α,β-unsaturated/α-hetero) is 1. The maximum Gasteiger partial charge on any atom is 0.313 e. The Balaban J connectivity index is 2.51. The summed E-state index contributed by atoms with van der Waals surface area (Å²) in [4.78, 5) is 23.2. The van der Waals surface area contributed by atoms with E-state index in [1.165, 1.54) is 7.11 Å². The fourth-order valence-electron chi connectivity index (χ4n) is 1.91. The number of aromatic nitrogens is 1. The topological polar surface area (TPSA) is 48.3 Å². The summed E-state index contributed by atoms with van der Waals surface area (Å²) in [6.07, 6.45) is 1.41. The summed E-state index contributed by atoms with van der Waals surface area (Å²) in [7, 11) is 3.08. The van der Waals surface area contributed by atoms with Gasteiger partial charge in [-0.05, 0) is 12.1 Å². The van der Waals surface area contributed by atoms with Gasteiger partial charge in [-0.1, -0.05) is 17.7 Å². The molecule has 94 valence electrons. The zero-order chi connectivity index (χ0) is 13.3. The Morgan fingerprint density at radius 2 is 2.11 bits per heavy atom. The van der Waals surface area contributed by atoms with Gasteiger partial charge in [0.2, 0.25) is 0 Å². The van der Waals surface area contributed by atoms with Crippen LogP contribution >= 0.6 is 11.6 Å². The molecule has 1 heterocycles. The highest BCUT2D eigenvalue weighted by Crippen LogP contribution is 2.28. The Kier molecular flexibility index (Phi) is 3.39. The van der Waals surface area contributed by atoms with E-state index in [0.717, 1.165) is 5.52 Å². The van der Waals surface area contributed by atoms with Crippen molar-refractivity contribution in [2.45, 2.75) is 6.42 Å². The van der Waals surface area contributed by atoms with E-state index < -0.39 is 5.97 Å². The molecule has 0 unspecified atom stereocenters. The van der Waals surface area contributed by atoms with Crippen molar-refractivity contribution < 1.29 is 14.3 Å². The van der Waals surface area contributed by atoms with Gasteiger partial charge in [0.1, 0.15) is 6.42 Å². The zero-order valence-corrected chi connectivity index (χ0v) is 10.8. The molecule has 0 aliphatic rings. The number of carbonyl (C=O) groups is 2. The summed E-state index contributed by atoms with van der Waals surface area (Å²) in [6.45, 7) is 0. The molecular weight excluding hydrogens is 254 g/mol.